The van der Waals surface area contributed by atoms with Crippen LogP contribution in [0.4, 0.5) is 5.69 Å². The highest BCUT2D eigenvalue weighted by atomic mass is 32.2. The van der Waals surface area contributed by atoms with Crippen molar-refractivity contribution in [3.05, 3.63) is 64.5 Å². The molecule has 0 atom stereocenters. The number of fused-ring (bicyclic) bond motifs is 3. The first-order valence-electron chi connectivity index (χ1n) is 8.40. The molecule has 0 saturated carbocycles. The molecule has 7 heteroatoms. The lowest BCUT2D eigenvalue weighted by atomic mass is 10.1. The molecule has 4 rings (SSSR count). The van der Waals surface area contributed by atoms with Gasteiger partial charge in [0.05, 0.1) is 5.69 Å². The van der Waals surface area contributed by atoms with Crippen LogP contribution in [0.15, 0.2) is 57.9 Å². The third-order valence-corrected chi connectivity index (χ3v) is 5.67. The summed E-state index contributed by atoms with van der Waals surface area (Å²) < 4.78 is 5.91. The average molecular weight is 375 g/mol. The zero-order chi connectivity index (χ0) is 19.1. The Labute approximate surface area is 161 Å². The third kappa shape index (κ3) is 2.75. The van der Waals surface area contributed by atoms with Crippen LogP contribution >= 0.6 is 11.8 Å². The highest BCUT2D eigenvalue weighted by Crippen LogP contribution is 2.45. The monoisotopic (exact) mass is 375 g/mol. The molecule has 2 heterocycles. The van der Waals surface area contributed by atoms with Crippen LogP contribution in [0.3, 0.4) is 0 Å². The lowest BCUT2D eigenvalue weighted by Crippen LogP contribution is -2.32. The van der Waals surface area contributed by atoms with Crippen LogP contribution in [0.5, 0.6) is 5.75 Å². The minimum atomic E-state index is 0.0461. The van der Waals surface area contributed by atoms with Gasteiger partial charge in [-0.25, -0.2) is 5.43 Å². The summed E-state index contributed by atoms with van der Waals surface area (Å²) in [6, 6.07) is 13.7. The van der Waals surface area contributed by atoms with Gasteiger partial charge < -0.3 is 4.74 Å². The lowest BCUT2D eigenvalue weighted by molar-refractivity contribution is 0.380. The van der Waals surface area contributed by atoms with Gasteiger partial charge in [0.2, 0.25) is 5.88 Å². The summed E-state index contributed by atoms with van der Waals surface area (Å²) in [6.07, 6.45) is 0. The molecule has 6 nitrogen and oxygen atoms in total. The van der Waals surface area contributed by atoms with Crippen molar-refractivity contribution < 1.29 is 4.74 Å². The summed E-state index contributed by atoms with van der Waals surface area (Å²) in [4.78, 5) is 2.77. The number of hydrazone groups is 1. The summed E-state index contributed by atoms with van der Waals surface area (Å²) >= 11 is 1.48. The van der Waals surface area contributed by atoms with Crippen molar-refractivity contribution in [2.45, 2.75) is 25.7 Å². The summed E-state index contributed by atoms with van der Waals surface area (Å²) in [5.74, 6) is 0.818. The number of nitriles is 1. The number of rotatable bonds is 2. The van der Waals surface area contributed by atoms with E-state index < -0.39 is 0 Å². The normalized spacial score (nSPS) is 15.4. The molecular formula is C20H17N5OS. The van der Waals surface area contributed by atoms with Crippen molar-refractivity contribution in [3.8, 4) is 11.8 Å². The molecule has 2 N–H and O–H groups in total. The SMILES string of the molecule is Cc1ccccc1OC1=C(C#N)C(=N)N2C(=NN1)Sc1c(C)ccc(C)c12. The zero-order valence-electron chi connectivity index (χ0n) is 15.1. The molecule has 0 bridgehead atoms. The Morgan fingerprint density at radius 1 is 1.11 bits per heavy atom. The second kappa shape index (κ2) is 6.49. The van der Waals surface area contributed by atoms with Crippen LogP contribution in [0.25, 0.3) is 0 Å². The number of nitrogens with zero attached hydrogens (tertiary/aromatic N) is 3. The topological polar surface area (TPSA) is 84.5 Å². The van der Waals surface area contributed by atoms with Gasteiger partial charge in [-0.3, -0.25) is 10.3 Å². The van der Waals surface area contributed by atoms with Crippen LogP contribution in [0.2, 0.25) is 0 Å². The Kier molecular flexibility index (Phi) is 4.13. The number of hydrogen-bond acceptors (Lipinski definition) is 6. The van der Waals surface area contributed by atoms with Gasteiger partial charge in [0.15, 0.2) is 16.6 Å². The first-order chi connectivity index (χ1) is 13.0. The van der Waals surface area contributed by atoms with E-state index in [0.29, 0.717) is 10.9 Å². The molecule has 0 aliphatic carbocycles. The maximum atomic E-state index is 9.74. The van der Waals surface area contributed by atoms with Crippen molar-refractivity contribution in [3.63, 3.8) is 0 Å². The quantitative estimate of drug-likeness (QED) is 0.822. The summed E-state index contributed by atoms with van der Waals surface area (Å²) in [5, 5.41) is 23.5. The van der Waals surface area contributed by atoms with Crippen LogP contribution in [0.1, 0.15) is 16.7 Å². The van der Waals surface area contributed by atoms with Gasteiger partial charge in [-0.2, -0.15) is 5.26 Å². The van der Waals surface area contributed by atoms with Gasteiger partial charge in [-0.1, -0.05) is 30.3 Å². The first kappa shape index (κ1) is 17.2. The Bertz CT molecular complexity index is 1080. The van der Waals surface area contributed by atoms with Crippen molar-refractivity contribution in [2.75, 3.05) is 4.90 Å². The number of nitrogens with one attached hydrogen (secondary N) is 2. The van der Waals surface area contributed by atoms with E-state index >= 15 is 0 Å². The summed E-state index contributed by atoms with van der Waals surface area (Å²) in [6.45, 7) is 5.95. The van der Waals surface area contributed by atoms with Gasteiger partial charge in [-0.15, -0.1) is 5.10 Å². The fraction of sp³-hybridized carbons (Fsp3) is 0.150. The van der Waals surface area contributed by atoms with Crippen LogP contribution in [-0.2, 0) is 0 Å². The molecule has 0 radical (unpaired) electrons. The standard InChI is InChI=1S/C20H17N5OS/c1-11-6-4-5-7-15(11)26-19-14(10-21)18(22)25-16-12(2)8-9-13(3)17(16)27-20(25)24-23-19/h4-9,22-23H,1-3H3. The number of aryl methyl sites for hydroxylation is 3. The maximum absolute atomic E-state index is 9.74. The second-order valence-electron chi connectivity index (χ2n) is 6.35. The molecule has 0 aromatic heterocycles. The summed E-state index contributed by atoms with van der Waals surface area (Å²) in [5.41, 5.74) is 6.93. The highest BCUT2D eigenvalue weighted by molar-refractivity contribution is 8.15. The molecule has 0 unspecified atom stereocenters. The first-order valence-corrected chi connectivity index (χ1v) is 9.21. The molecule has 134 valence electrons. The fourth-order valence-electron chi connectivity index (χ4n) is 3.02. The fourth-order valence-corrected chi connectivity index (χ4v) is 4.15. The van der Waals surface area contributed by atoms with Crippen molar-refractivity contribution in [1.29, 1.82) is 10.7 Å². The predicted octanol–water partition coefficient (Wildman–Crippen LogP) is 4.19. The smallest absolute Gasteiger partial charge is 0.235 e. The molecule has 2 aromatic carbocycles. The maximum Gasteiger partial charge on any atom is 0.235 e. The van der Waals surface area contributed by atoms with E-state index in [-0.39, 0.29) is 17.3 Å². The summed E-state index contributed by atoms with van der Waals surface area (Å²) in [7, 11) is 0. The molecule has 27 heavy (non-hydrogen) atoms. The minimum Gasteiger partial charge on any atom is -0.438 e. The Balaban J connectivity index is 1.80. The Hall–Kier alpha value is -3.24. The van der Waals surface area contributed by atoms with Gasteiger partial charge in [-0.05, 0) is 55.3 Å². The van der Waals surface area contributed by atoms with E-state index in [2.05, 4.69) is 22.7 Å². The number of amidine groups is 2. The lowest BCUT2D eigenvalue weighted by Gasteiger charge is -2.19. The van der Waals surface area contributed by atoms with Gasteiger partial charge in [0.1, 0.15) is 11.8 Å². The van der Waals surface area contributed by atoms with Gasteiger partial charge in [0.25, 0.3) is 0 Å². The van der Waals surface area contributed by atoms with E-state index in [4.69, 9.17) is 10.1 Å². The molecule has 2 aliphatic heterocycles. The molecule has 0 saturated heterocycles. The van der Waals surface area contributed by atoms with Gasteiger partial charge >= 0.3 is 0 Å². The van der Waals surface area contributed by atoms with E-state index in [0.717, 1.165) is 27.3 Å². The number of ether oxygens (including phenoxy) is 1. The number of hydrogen-bond donors (Lipinski definition) is 2. The highest BCUT2D eigenvalue weighted by Gasteiger charge is 2.37. The van der Waals surface area contributed by atoms with E-state index in [9.17, 15) is 5.26 Å². The predicted molar refractivity (Wildman–Crippen MR) is 107 cm³/mol. The van der Waals surface area contributed by atoms with E-state index in [1.807, 2.05) is 51.1 Å². The molecule has 0 amide bonds. The number of anilines is 1. The van der Waals surface area contributed by atoms with Crippen molar-refractivity contribution in [1.82, 2.24) is 5.43 Å². The number of para-hydroxylation sites is 1. The van der Waals surface area contributed by atoms with E-state index in [1.54, 1.807) is 4.90 Å². The second-order valence-corrected chi connectivity index (χ2v) is 7.33. The van der Waals surface area contributed by atoms with Crippen molar-refractivity contribution in [2.24, 2.45) is 5.10 Å². The zero-order valence-corrected chi connectivity index (χ0v) is 15.9. The average Bonchev–Trinajstić information content (AvgIpc) is 3.00. The third-order valence-electron chi connectivity index (χ3n) is 4.50. The van der Waals surface area contributed by atoms with Crippen LogP contribution in [-0.4, -0.2) is 11.0 Å². The molecule has 2 aliphatic rings. The molecule has 0 spiro atoms. The van der Waals surface area contributed by atoms with Gasteiger partial charge in [0, 0.05) is 4.90 Å². The van der Waals surface area contributed by atoms with Crippen LogP contribution in [0, 0.1) is 37.5 Å². The minimum absolute atomic E-state index is 0.0461. The largest absolute Gasteiger partial charge is 0.438 e. The Morgan fingerprint density at radius 2 is 1.85 bits per heavy atom. The number of benzene rings is 2. The molecular weight excluding hydrogens is 358 g/mol. The van der Waals surface area contributed by atoms with Crippen molar-refractivity contribution >= 4 is 28.5 Å². The van der Waals surface area contributed by atoms with E-state index in [1.165, 1.54) is 11.8 Å². The molecule has 0 fully saturated rings. The van der Waals surface area contributed by atoms with Crippen LogP contribution < -0.4 is 15.1 Å². The molecule has 2 aromatic rings. The Morgan fingerprint density at radius 3 is 2.59 bits per heavy atom. The number of thioether (sulfide) groups is 1.